The van der Waals surface area contributed by atoms with E-state index in [1.165, 1.54) is 0 Å². The van der Waals surface area contributed by atoms with Gasteiger partial charge in [0.2, 0.25) is 5.91 Å². The Morgan fingerprint density at radius 1 is 0.970 bits per heavy atom. The van der Waals surface area contributed by atoms with E-state index in [9.17, 15) is 4.79 Å². The molecule has 166 valence electrons. The predicted molar refractivity (Wildman–Crippen MR) is 131 cm³/mol. The van der Waals surface area contributed by atoms with Crippen LogP contribution in [-0.4, -0.2) is 21.3 Å². The van der Waals surface area contributed by atoms with Gasteiger partial charge in [0.05, 0.1) is 5.69 Å². The van der Waals surface area contributed by atoms with Crippen LogP contribution in [0, 0.1) is 5.41 Å². The lowest BCUT2D eigenvalue weighted by Gasteiger charge is -2.20. The van der Waals surface area contributed by atoms with E-state index in [0.717, 1.165) is 34.8 Å². The second-order valence-electron chi connectivity index (χ2n) is 7.96. The van der Waals surface area contributed by atoms with Crippen molar-refractivity contribution in [1.82, 2.24) is 9.55 Å². The van der Waals surface area contributed by atoms with Gasteiger partial charge in [0.15, 0.2) is 0 Å². The van der Waals surface area contributed by atoms with Crippen molar-refractivity contribution in [3.63, 3.8) is 0 Å². The number of amidine groups is 1. The van der Waals surface area contributed by atoms with Crippen molar-refractivity contribution in [2.75, 3.05) is 0 Å². The Morgan fingerprint density at radius 3 is 2.27 bits per heavy atom. The fraction of sp³-hybridized carbons (Fsp3) is 0.148. The van der Waals surface area contributed by atoms with Crippen LogP contribution in [0.15, 0.2) is 85.1 Å². The molecule has 0 fully saturated rings. The van der Waals surface area contributed by atoms with E-state index < -0.39 is 5.91 Å². The van der Waals surface area contributed by atoms with Gasteiger partial charge in [-0.2, -0.15) is 0 Å². The summed E-state index contributed by atoms with van der Waals surface area (Å²) in [7, 11) is 0. The van der Waals surface area contributed by atoms with Crippen molar-refractivity contribution < 1.29 is 4.79 Å². The Balaban J connectivity index is 1.83. The highest BCUT2D eigenvalue weighted by molar-refractivity contribution is 5.95. The zero-order valence-electron chi connectivity index (χ0n) is 18.5. The number of hydrogen-bond donors (Lipinski definition) is 3. The minimum atomic E-state index is -0.446. The molecule has 1 aromatic heterocycles. The largest absolute Gasteiger partial charge is 0.384 e. The number of carbonyl (C=O) groups excluding carboxylic acids is 1. The normalized spacial score (nSPS) is 11.8. The molecule has 3 aromatic carbocycles. The number of carbonyl (C=O) groups is 1. The Labute approximate surface area is 193 Å². The number of nitrogens with two attached hydrogens (primary N) is 2. The standard InChI is InChI=1S/C27H27N5O/c1-2-32-17-24(19-12-14-20(15-13-19)25(28)29)31-27(32)23(16-18-8-4-3-5-9-18)21-10-6-7-11-22(21)26(30)33/h3-15,17,23H,2,16H2,1H3,(H3,28,29)(H2,30,33)/t23-/m0/s1. The summed E-state index contributed by atoms with van der Waals surface area (Å²) >= 11 is 0. The lowest BCUT2D eigenvalue weighted by molar-refractivity contribution is 0.0999. The van der Waals surface area contributed by atoms with E-state index in [1.54, 1.807) is 6.07 Å². The molecular weight excluding hydrogens is 410 g/mol. The van der Waals surface area contributed by atoms with E-state index in [0.29, 0.717) is 17.5 Å². The smallest absolute Gasteiger partial charge is 0.249 e. The van der Waals surface area contributed by atoms with Crippen molar-refractivity contribution >= 4 is 11.7 Å². The van der Waals surface area contributed by atoms with E-state index >= 15 is 0 Å². The molecule has 0 unspecified atom stereocenters. The van der Waals surface area contributed by atoms with E-state index in [4.69, 9.17) is 21.9 Å². The second-order valence-corrected chi connectivity index (χ2v) is 7.96. The van der Waals surface area contributed by atoms with Gasteiger partial charge in [-0.05, 0) is 30.5 Å². The number of benzene rings is 3. The summed E-state index contributed by atoms with van der Waals surface area (Å²) in [5.74, 6) is 0.313. The first kappa shape index (κ1) is 22.0. The van der Waals surface area contributed by atoms with Gasteiger partial charge in [-0.25, -0.2) is 4.98 Å². The molecule has 1 amide bonds. The van der Waals surface area contributed by atoms with Gasteiger partial charge in [0.25, 0.3) is 0 Å². The van der Waals surface area contributed by atoms with Crippen LogP contribution >= 0.6 is 0 Å². The zero-order chi connectivity index (χ0) is 23.4. The summed E-state index contributed by atoms with van der Waals surface area (Å²) in [5.41, 5.74) is 16.3. The molecule has 0 aliphatic rings. The maximum absolute atomic E-state index is 12.2. The number of imidazole rings is 1. The molecule has 1 atom stereocenters. The highest BCUT2D eigenvalue weighted by atomic mass is 16.1. The maximum Gasteiger partial charge on any atom is 0.249 e. The van der Waals surface area contributed by atoms with Gasteiger partial charge < -0.3 is 16.0 Å². The highest BCUT2D eigenvalue weighted by Crippen LogP contribution is 2.32. The third kappa shape index (κ3) is 4.70. The summed E-state index contributed by atoms with van der Waals surface area (Å²) in [6, 6.07) is 25.2. The number of aryl methyl sites for hydroxylation is 1. The molecule has 5 N–H and O–H groups in total. The van der Waals surface area contributed by atoms with Gasteiger partial charge in [-0.3, -0.25) is 10.2 Å². The first-order valence-corrected chi connectivity index (χ1v) is 10.9. The number of hydrogen-bond acceptors (Lipinski definition) is 3. The fourth-order valence-electron chi connectivity index (χ4n) is 4.14. The van der Waals surface area contributed by atoms with Crippen LogP contribution in [0.5, 0.6) is 0 Å². The minimum Gasteiger partial charge on any atom is -0.384 e. The predicted octanol–water partition coefficient (Wildman–Crippen LogP) is 4.33. The van der Waals surface area contributed by atoms with Crippen LogP contribution in [0.4, 0.5) is 0 Å². The Morgan fingerprint density at radius 2 is 1.64 bits per heavy atom. The second kappa shape index (κ2) is 9.53. The lowest BCUT2D eigenvalue weighted by atomic mass is 9.87. The lowest BCUT2D eigenvalue weighted by Crippen LogP contribution is -2.19. The molecule has 0 spiro atoms. The number of nitrogens with one attached hydrogen (secondary N) is 1. The van der Waals surface area contributed by atoms with Gasteiger partial charge >= 0.3 is 0 Å². The summed E-state index contributed by atoms with van der Waals surface area (Å²) in [4.78, 5) is 17.3. The Hall–Kier alpha value is -4.19. The Kier molecular flexibility index (Phi) is 6.36. The molecule has 0 radical (unpaired) electrons. The van der Waals surface area contributed by atoms with Crippen molar-refractivity contribution in [1.29, 1.82) is 5.41 Å². The monoisotopic (exact) mass is 437 g/mol. The molecule has 0 bridgehead atoms. The molecule has 6 heteroatoms. The molecule has 0 aliphatic carbocycles. The molecule has 0 saturated carbocycles. The van der Waals surface area contributed by atoms with E-state index in [1.807, 2.05) is 66.9 Å². The van der Waals surface area contributed by atoms with Crippen molar-refractivity contribution in [3.05, 3.63) is 113 Å². The van der Waals surface area contributed by atoms with Gasteiger partial charge in [-0.15, -0.1) is 0 Å². The topological polar surface area (TPSA) is 111 Å². The molecule has 0 saturated heterocycles. The quantitative estimate of drug-likeness (QED) is 0.282. The van der Waals surface area contributed by atoms with Gasteiger partial charge in [0.1, 0.15) is 11.7 Å². The maximum atomic E-state index is 12.2. The molecule has 1 heterocycles. The van der Waals surface area contributed by atoms with Gasteiger partial charge in [0, 0.05) is 35.3 Å². The van der Waals surface area contributed by atoms with E-state index in [-0.39, 0.29) is 11.8 Å². The Bertz CT molecular complexity index is 1280. The highest BCUT2D eigenvalue weighted by Gasteiger charge is 2.25. The first-order valence-electron chi connectivity index (χ1n) is 10.9. The first-order chi connectivity index (χ1) is 16.0. The molecule has 4 aromatic rings. The molecule has 6 nitrogen and oxygen atoms in total. The molecule has 33 heavy (non-hydrogen) atoms. The SMILES string of the molecule is CCn1cc(-c2ccc(C(=N)N)cc2)nc1[C@@H](Cc1ccccc1)c1ccccc1C(N)=O. The number of nitrogens with zero attached hydrogens (tertiary/aromatic N) is 2. The van der Waals surface area contributed by atoms with Crippen LogP contribution in [-0.2, 0) is 13.0 Å². The molecule has 4 rings (SSSR count). The summed E-state index contributed by atoms with van der Waals surface area (Å²) < 4.78 is 2.12. The molecule has 0 aliphatic heterocycles. The van der Waals surface area contributed by atoms with E-state index in [2.05, 4.69) is 23.6 Å². The van der Waals surface area contributed by atoms with Crippen molar-refractivity contribution in [2.45, 2.75) is 25.8 Å². The average Bonchev–Trinajstić information content (AvgIpc) is 3.27. The minimum absolute atomic E-state index is 0.0345. The fourth-order valence-corrected chi connectivity index (χ4v) is 4.14. The number of aromatic nitrogens is 2. The third-order valence-electron chi connectivity index (χ3n) is 5.84. The van der Waals surface area contributed by atoms with Gasteiger partial charge in [-0.1, -0.05) is 72.8 Å². The summed E-state index contributed by atoms with van der Waals surface area (Å²) in [6.07, 6.45) is 2.72. The third-order valence-corrected chi connectivity index (χ3v) is 5.84. The number of primary amides is 1. The van der Waals surface area contributed by atoms with Crippen LogP contribution < -0.4 is 11.5 Å². The number of amides is 1. The van der Waals surface area contributed by atoms with Crippen molar-refractivity contribution in [2.24, 2.45) is 11.5 Å². The van der Waals surface area contributed by atoms with Crippen LogP contribution in [0.2, 0.25) is 0 Å². The number of rotatable bonds is 8. The zero-order valence-corrected chi connectivity index (χ0v) is 18.5. The van der Waals surface area contributed by atoms with Crippen LogP contribution in [0.25, 0.3) is 11.3 Å². The molecular formula is C27H27N5O. The number of nitrogen functional groups attached to an aromatic ring is 1. The summed E-state index contributed by atoms with van der Waals surface area (Å²) in [5, 5.41) is 7.61. The average molecular weight is 438 g/mol. The van der Waals surface area contributed by atoms with Crippen LogP contribution in [0.3, 0.4) is 0 Å². The van der Waals surface area contributed by atoms with Crippen molar-refractivity contribution in [3.8, 4) is 11.3 Å². The van der Waals surface area contributed by atoms with Crippen LogP contribution in [0.1, 0.15) is 45.7 Å². The summed E-state index contributed by atoms with van der Waals surface area (Å²) in [6.45, 7) is 2.81.